The fourth-order valence-corrected chi connectivity index (χ4v) is 3.91. The van der Waals surface area contributed by atoms with Gasteiger partial charge in [0.25, 0.3) is 0 Å². The van der Waals surface area contributed by atoms with E-state index in [1.54, 1.807) is 0 Å². The van der Waals surface area contributed by atoms with Crippen LogP contribution in [-0.4, -0.2) is 11.1 Å². The van der Waals surface area contributed by atoms with Crippen LogP contribution < -0.4 is 4.74 Å². The molecule has 0 saturated carbocycles. The molecule has 2 aromatic rings. The Bertz CT molecular complexity index is 862. The first-order valence-corrected chi connectivity index (χ1v) is 11.7. The minimum atomic E-state index is -0.173. The van der Waals surface area contributed by atoms with E-state index in [2.05, 4.69) is 79.7 Å². The molecule has 0 radical (unpaired) electrons. The third-order valence-corrected chi connectivity index (χ3v) is 5.81. The van der Waals surface area contributed by atoms with Gasteiger partial charge in [0.15, 0.2) is 0 Å². The molecule has 0 aromatic heterocycles. The predicted molar refractivity (Wildman–Crippen MR) is 130 cm³/mol. The molecule has 0 saturated heterocycles. The van der Waals surface area contributed by atoms with Gasteiger partial charge in [0.1, 0.15) is 11.5 Å². The Hall–Kier alpha value is -2.29. The standard InChI is InChI=1S/C28H40O3/c1-10-11-26(29)31-28-24(18(6)7)14-21(15-25(28)19(8)9)20-12-22(16(2)3)27(30)23(13-20)17(4)5/h12-19,30H,10-11H2,1-9H3. The lowest BCUT2D eigenvalue weighted by Gasteiger charge is -2.22. The topological polar surface area (TPSA) is 46.5 Å². The van der Waals surface area contributed by atoms with Crippen LogP contribution in [0.1, 0.15) is 121 Å². The van der Waals surface area contributed by atoms with E-state index in [1.807, 2.05) is 6.92 Å². The van der Waals surface area contributed by atoms with Crippen LogP contribution in [0.15, 0.2) is 24.3 Å². The van der Waals surface area contributed by atoms with Crippen molar-refractivity contribution in [2.24, 2.45) is 0 Å². The van der Waals surface area contributed by atoms with Gasteiger partial charge in [-0.2, -0.15) is 0 Å². The third kappa shape index (κ3) is 5.70. The number of esters is 1. The summed E-state index contributed by atoms with van der Waals surface area (Å²) in [5.74, 6) is 1.84. The molecule has 2 aromatic carbocycles. The lowest BCUT2D eigenvalue weighted by Crippen LogP contribution is -2.12. The van der Waals surface area contributed by atoms with E-state index in [1.165, 1.54) is 0 Å². The van der Waals surface area contributed by atoms with Gasteiger partial charge in [0, 0.05) is 6.42 Å². The number of benzene rings is 2. The number of aromatic hydroxyl groups is 1. The first-order valence-electron chi connectivity index (χ1n) is 11.7. The lowest BCUT2D eigenvalue weighted by molar-refractivity contribution is -0.134. The number of hydrogen-bond donors (Lipinski definition) is 1. The van der Waals surface area contributed by atoms with E-state index in [4.69, 9.17) is 4.74 Å². The molecule has 0 atom stereocenters. The molecule has 1 N–H and O–H groups in total. The first kappa shape index (κ1) is 25.0. The summed E-state index contributed by atoms with van der Waals surface area (Å²) in [5, 5.41) is 10.8. The Morgan fingerprint density at radius 2 is 1.10 bits per heavy atom. The van der Waals surface area contributed by atoms with Crippen molar-refractivity contribution >= 4 is 5.97 Å². The van der Waals surface area contributed by atoms with Crippen LogP contribution >= 0.6 is 0 Å². The van der Waals surface area contributed by atoms with Gasteiger partial charge in [0.05, 0.1) is 0 Å². The van der Waals surface area contributed by atoms with Crippen molar-refractivity contribution in [2.75, 3.05) is 0 Å². The number of hydrogen-bond acceptors (Lipinski definition) is 3. The lowest BCUT2D eigenvalue weighted by atomic mass is 9.86. The molecule has 0 heterocycles. The van der Waals surface area contributed by atoms with E-state index < -0.39 is 0 Å². The molecule has 3 nitrogen and oxygen atoms in total. The molecular weight excluding hydrogens is 384 g/mol. The summed E-state index contributed by atoms with van der Waals surface area (Å²) in [6, 6.07) is 8.54. The van der Waals surface area contributed by atoms with Crippen molar-refractivity contribution in [1.29, 1.82) is 0 Å². The molecule has 0 aliphatic carbocycles. The Balaban J connectivity index is 2.77. The molecule has 31 heavy (non-hydrogen) atoms. The fourth-order valence-electron chi connectivity index (χ4n) is 3.91. The Morgan fingerprint density at radius 3 is 1.42 bits per heavy atom. The molecule has 170 valence electrons. The molecule has 3 heteroatoms. The molecule has 2 rings (SSSR count). The second-order valence-electron chi connectivity index (χ2n) is 9.83. The number of phenolic OH excluding ortho intramolecular Hbond substituents is 1. The molecule has 0 unspecified atom stereocenters. The van der Waals surface area contributed by atoms with E-state index in [0.717, 1.165) is 45.6 Å². The highest BCUT2D eigenvalue weighted by Gasteiger charge is 2.22. The fraction of sp³-hybridized carbons (Fsp3) is 0.536. The van der Waals surface area contributed by atoms with Crippen molar-refractivity contribution in [3.05, 3.63) is 46.5 Å². The van der Waals surface area contributed by atoms with Crippen LogP contribution in [0.4, 0.5) is 0 Å². The van der Waals surface area contributed by atoms with E-state index in [9.17, 15) is 9.90 Å². The molecule has 0 spiro atoms. The summed E-state index contributed by atoms with van der Waals surface area (Å²) in [5.41, 5.74) is 6.24. The number of phenols is 1. The maximum absolute atomic E-state index is 12.3. The highest BCUT2D eigenvalue weighted by molar-refractivity contribution is 5.76. The average Bonchev–Trinajstić information content (AvgIpc) is 2.67. The van der Waals surface area contributed by atoms with Crippen LogP contribution in [-0.2, 0) is 4.79 Å². The van der Waals surface area contributed by atoms with Gasteiger partial charge >= 0.3 is 5.97 Å². The monoisotopic (exact) mass is 424 g/mol. The van der Waals surface area contributed by atoms with Crippen molar-refractivity contribution in [3.63, 3.8) is 0 Å². The van der Waals surface area contributed by atoms with E-state index in [0.29, 0.717) is 12.2 Å². The van der Waals surface area contributed by atoms with E-state index >= 15 is 0 Å². The van der Waals surface area contributed by atoms with Gasteiger partial charge in [-0.25, -0.2) is 0 Å². The van der Waals surface area contributed by atoms with Gasteiger partial charge in [-0.3, -0.25) is 4.79 Å². The number of ether oxygens (including phenoxy) is 1. The van der Waals surface area contributed by atoms with Crippen molar-refractivity contribution in [3.8, 4) is 22.6 Å². The maximum atomic E-state index is 12.3. The first-order chi connectivity index (χ1) is 14.5. The minimum Gasteiger partial charge on any atom is -0.507 e. The summed E-state index contributed by atoms with van der Waals surface area (Å²) in [7, 11) is 0. The normalized spacial score (nSPS) is 11.8. The van der Waals surface area contributed by atoms with Crippen molar-refractivity contribution in [2.45, 2.75) is 98.8 Å². The zero-order valence-corrected chi connectivity index (χ0v) is 20.8. The quantitative estimate of drug-likeness (QED) is 0.343. The van der Waals surface area contributed by atoms with Gasteiger partial charge in [-0.15, -0.1) is 0 Å². The Labute approximate surface area is 188 Å². The minimum absolute atomic E-state index is 0.173. The summed E-state index contributed by atoms with van der Waals surface area (Å²) in [6.07, 6.45) is 1.19. The Kier molecular flexibility index (Phi) is 8.34. The predicted octanol–water partition coefficient (Wildman–Crippen LogP) is 8.26. The van der Waals surface area contributed by atoms with Crippen LogP contribution in [0.2, 0.25) is 0 Å². The van der Waals surface area contributed by atoms with Gasteiger partial charge in [-0.05, 0) is 87.7 Å². The summed E-state index contributed by atoms with van der Waals surface area (Å²) < 4.78 is 5.89. The maximum Gasteiger partial charge on any atom is 0.311 e. The number of carbonyl (C=O) groups excluding carboxylic acids is 1. The van der Waals surface area contributed by atoms with Gasteiger partial charge in [-0.1, -0.05) is 62.3 Å². The molecule has 0 aliphatic rings. The molecule has 0 fully saturated rings. The van der Waals surface area contributed by atoms with Gasteiger partial charge < -0.3 is 9.84 Å². The SMILES string of the molecule is CCCC(=O)Oc1c(C(C)C)cc(-c2cc(C(C)C)c(O)c(C(C)C)c2)cc1C(C)C. The highest BCUT2D eigenvalue weighted by atomic mass is 16.5. The number of rotatable bonds is 8. The van der Waals surface area contributed by atoms with Crippen molar-refractivity contribution < 1.29 is 14.6 Å². The summed E-state index contributed by atoms with van der Waals surface area (Å²) in [4.78, 5) is 12.3. The molecule has 0 aliphatic heterocycles. The van der Waals surface area contributed by atoms with Crippen LogP contribution in [0, 0.1) is 0 Å². The highest BCUT2D eigenvalue weighted by Crippen LogP contribution is 2.42. The zero-order valence-electron chi connectivity index (χ0n) is 20.8. The van der Waals surface area contributed by atoms with Gasteiger partial charge in [0.2, 0.25) is 0 Å². The zero-order chi connectivity index (χ0) is 23.5. The third-order valence-electron chi connectivity index (χ3n) is 5.81. The molecule has 0 bridgehead atoms. The average molecular weight is 425 g/mol. The largest absolute Gasteiger partial charge is 0.507 e. The summed E-state index contributed by atoms with van der Waals surface area (Å²) in [6.45, 7) is 19.0. The second-order valence-corrected chi connectivity index (χ2v) is 9.83. The smallest absolute Gasteiger partial charge is 0.311 e. The Morgan fingerprint density at radius 1 is 0.742 bits per heavy atom. The van der Waals surface area contributed by atoms with Crippen LogP contribution in [0.5, 0.6) is 11.5 Å². The van der Waals surface area contributed by atoms with Crippen molar-refractivity contribution in [1.82, 2.24) is 0 Å². The molecule has 0 amide bonds. The molecular formula is C28H40O3. The number of carbonyl (C=O) groups is 1. The van der Waals surface area contributed by atoms with Crippen LogP contribution in [0.25, 0.3) is 11.1 Å². The van der Waals surface area contributed by atoms with E-state index in [-0.39, 0.29) is 29.6 Å². The summed E-state index contributed by atoms with van der Waals surface area (Å²) >= 11 is 0. The second kappa shape index (κ2) is 10.3. The van der Waals surface area contributed by atoms with Crippen LogP contribution in [0.3, 0.4) is 0 Å².